The van der Waals surface area contributed by atoms with Crippen molar-refractivity contribution in [3.63, 3.8) is 0 Å². The van der Waals surface area contributed by atoms with Gasteiger partial charge in [-0.2, -0.15) is 0 Å². The standard InChI is InChI=1S/C9H14O6.C3H8O3.3C3H6O2/c1-6(10)13-4-9(15-8(3)12)5-14-7(2)11;4-1-3(6)2-5;3*1-3(4)5-2/h9H,4-5H2,1-3H3;3-6H,1-2H2;3*1-2H3. The summed E-state index contributed by atoms with van der Waals surface area (Å²) in [6.45, 7) is 6.79. The molecule has 36 heavy (non-hydrogen) atoms. The van der Waals surface area contributed by atoms with E-state index in [2.05, 4.69) is 23.7 Å². The molecule has 0 aliphatic heterocycles. The molecule has 214 valence electrons. The van der Waals surface area contributed by atoms with Gasteiger partial charge in [-0.1, -0.05) is 0 Å². The van der Waals surface area contributed by atoms with Gasteiger partial charge in [0.2, 0.25) is 0 Å². The van der Waals surface area contributed by atoms with Crippen molar-refractivity contribution < 1.29 is 72.5 Å². The lowest BCUT2D eigenvalue weighted by Gasteiger charge is -2.15. The van der Waals surface area contributed by atoms with Gasteiger partial charge in [0.05, 0.1) is 34.5 Å². The minimum atomic E-state index is -0.954. The number of rotatable bonds is 7. The fourth-order valence-electron chi connectivity index (χ4n) is 0.829. The van der Waals surface area contributed by atoms with E-state index in [0.717, 1.165) is 0 Å². The molecular formula is C21H40O15. The summed E-state index contributed by atoms with van der Waals surface area (Å²) in [5.41, 5.74) is 0. The molecule has 15 nitrogen and oxygen atoms in total. The highest BCUT2D eigenvalue weighted by Crippen LogP contribution is 1.97. The lowest BCUT2D eigenvalue weighted by atomic mass is 10.4. The van der Waals surface area contributed by atoms with Crippen molar-refractivity contribution in [1.29, 1.82) is 0 Å². The topological polar surface area (TPSA) is 218 Å². The van der Waals surface area contributed by atoms with E-state index in [0.29, 0.717) is 0 Å². The zero-order valence-electron chi connectivity index (χ0n) is 22.2. The third kappa shape index (κ3) is 63.2. The van der Waals surface area contributed by atoms with Crippen LogP contribution in [0, 0.1) is 0 Å². The van der Waals surface area contributed by atoms with Gasteiger partial charge < -0.3 is 43.7 Å². The van der Waals surface area contributed by atoms with Gasteiger partial charge in [0.1, 0.15) is 19.3 Å². The van der Waals surface area contributed by atoms with E-state index in [1.807, 2.05) is 0 Å². The van der Waals surface area contributed by atoms with Crippen LogP contribution >= 0.6 is 0 Å². The monoisotopic (exact) mass is 532 g/mol. The highest BCUT2D eigenvalue weighted by atomic mass is 16.6. The van der Waals surface area contributed by atoms with Crippen LogP contribution in [-0.2, 0) is 57.2 Å². The Labute approximate surface area is 210 Å². The number of carbonyl (C=O) groups excluding carboxylic acids is 6. The summed E-state index contributed by atoms with van der Waals surface area (Å²) < 4.78 is 26.4. The van der Waals surface area contributed by atoms with E-state index in [1.165, 1.54) is 62.9 Å². The van der Waals surface area contributed by atoms with Crippen molar-refractivity contribution in [2.24, 2.45) is 0 Å². The molecule has 0 aliphatic carbocycles. The highest BCUT2D eigenvalue weighted by molar-refractivity contribution is 5.68. The van der Waals surface area contributed by atoms with Gasteiger partial charge in [-0.25, -0.2) is 0 Å². The number of aliphatic hydroxyl groups excluding tert-OH is 3. The van der Waals surface area contributed by atoms with Crippen LogP contribution in [0.5, 0.6) is 0 Å². The molecule has 0 aromatic rings. The van der Waals surface area contributed by atoms with Crippen LogP contribution in [-0.4, -0.2) is 111 Å². The van der Waals surface area contributed by atoms with E-state index < -0.39 is 30.1 Å². The van der Waals surface area contributed by atoms with Crippen molar-refractivity contribution >= 4 is 35.8 Å². The maximum absolute atomic E-state index is 10.6. The molecule has 0 heterocycles. The first-order valence-electron chi connectivity index (χ1n) is 10.0. The summed E-state index contributed by atoms with van der Waals surface area (Å²) in [6.07, 6.45) is -1.71. The molecule has 0 unspecified atom stereocenters. The van der Waals surface area contributed by atoms with E-state index in [4.69, 9.17) is 20.1 Å². The fraction of sp³-hybridized carbons (Fsp3) is 0.714. The van der Waals surface area contributed by atoms with E-state index in [1.54, 1.807) is 0 Å². The normalized spacial score (nSPS) is 8.50. The molecular weight excluding hydrogens is 492 g/mol. The summed E-state index contributed by atoms with van der Waals surface area (Å²) in [7, 11) is 4.05. The second kappa shape index (κ2) is 31.7. The second-order valence-corrected chi connectivity index (χ2v) is 5.94. The predicted octanol–water partition coefficient (Wildman–Crippen LogP) is -1.09. The third-order valence-corrected chi connectivity index (χ3v) is 2.56. The first-order chi connectivity index (χ1) is 16.5. The van der Waals surface area contributed by atoms with Crippen LogP contribution in [0.1, 0.15) is 41.5 Å². The van der Waals surface area contributed by atoms with Crippen molar-refractivity contribution in [2.75, 3.05) is 47.8 Å². The smallest absolute Gasteiger partial charge is 0.303 e. The Morgan fingerprint density at radius 2 is 0.806 bits per heavy atom. The van der Waals surface area contributed by atoms with Crippen molar-refractivity contribution in [3.05, 3.63) is 0 Å². The molecule has 3 N–H and O–H groups in total. The van der Waals surface area contributed by atoms with Gasteiger partial charge >= 0.3 is 35.8 Å². The number of ether oxygens (including phenoxy) is 6. The van der Waals surface area contributed by atoms with Crippen LogP contribution in [0.2, 0.25) is 0 Å². The Balaban J connectivity index is -0.000000126. The third-order valence-electron chi connectivity index (χ3n) is 2.56. The quantitative estimate of drug-likeness (QED) is 0.262. The Hall–Kier alpha value is -3.30. The van der Waals surface area contributed by atoms with Crippen LogP contribution < -0.4 is 0 Å². The van der Waals surface area contributed by atoms with E-state index in [9.17, 15) is 28.8 Å². The number of methoxy groups -OCH3 is 3. The maximum atomic E-state index is 10.6. The Morgan fingerprint density at radius 1 is 0.556 bits per heavy atom. The van der Waals surface area contributed by atoms with Crippen molar-refractivity contribution in [1.82, 2.24) is 0 Å². The number of hydrogen-bond donors (Lipinski definition) is 3. The fourth-order valence-corrected chi connectivity index (χ4v) is 0.829. The van der Waals surface area contributed by atoms with Gasteiger partial charge in [-0.3, -0.25) is 28.8 Å². The molecule has 0 amide bonds. The summed E-state index contributed by atoms with van der Waals surface area (Å²) in [5, 5.41) is 24.0. The average Bonchev–Trinajstić information content (AvgIpc) is 2.81. The van der Waals surface area contributed by atoms with Crippen LogP contribution in [0.4, 0.5) is 0 Å². The Kier molecular flexibility index (Phi) is 37.7. The summed E-state index contributed by atoms with van der Waals surface area (Å²) in [6, 6.07) is 0. The van der Waals surface area contributed by atoms with Gasteiger partial charge in [-0.05, 0) is 0 Å². The minimum absolute atomic E-state index is 0.123. The number of hydrogen-bond acceptors (Lipinski definition) is 15. The van der Waals surface area contributed by atoms with Crippen molar-refractivity contribution in [3.8, 4) is 0 Å². The SMILES string of the molecule is CC(=O)OCC(COC(C)=O)OC(C)=O.COC(C)=O.COC(C)=O.COC(C)=O.OCC(O)CO. The summed E-state index contributed by atoms with van der Waals surface area (Å²) in [5.74, 6) is -2.25. The minimum Gasteiger partial charge on any atom is -0.469 e. The van der Waals surface area contributed by atoms with Gasteiger partial charge in [0.25, 0.3) is 0 Å². The van der Waals surface area contributed by atoms with E-state index >= 15 is 0 Å². The van der Waals surface area contributed by atoms with Crippen LogP contribution in [0.3, 0.4) is 0 Å². The molecule has 0 radical (unpaired) electrons. The molecule has 15 heteroatoms. The van der Waals surface area contributed by atoms with Gasteiger partial charge in [-0.15, -0.1) is 0 Å². The van der Waals surface area contributed by atoms with Crippen molar-refractivity contribution in [2.45, 2.75) is 53.8 Å². The molecule has 0 aliphatic rings. The number of aliphatic hydroxyl groups is 3. The number of carbonyl (C=O) groups is 6. The molecule has 0 atom stereocenters. The number of esters is 6. The molecule has 0 saturated heterocycles. The van der Waals surface area contributed by atoms with Crippen LogP contribution in [0.15, 0.2) is 0 Å². The lowest BCUT2D eigenvalue weighted by Crippen LogP contribution is -2.29. The largest absolute Gasteiger partial charge is 0.469 e. The molecule has 0 bridgehead atoms. The summed E-state index contributed by atoms with van der Waals surface area (Å²) >= 11 is 0. The Morgan fingerprint density at radius 3 is 0.917 bits per heavy atom. The second-order valence-electron chi connectivity index (χ2n) is 5.94. The van der Waals surface area contributed by atoms with Gasteiger partial charge in [0, 0.05) is 41.5 Å². The Bertz CT molecular complexity index is 549. The van der Waals surface area contributed by atoms with Crippen LogP contribution in [0.25, 0.3) is 0 Å². The molecule has 0 aromatic carbocycles. The lowest BCUT2D eigenvalue weighted by molar-refractivity contribution is -0.163. The van der Waals surface area contributed by atoms with Gasteiger partial charge in [0.15, 0.2) is 6.10 Å². The molecule has 0 fully saturated rings. The van der Waals surface area contributed by atoms with E-state index in [-0.39, 0.29) is 44.3 Å². The highest BCUT2D eigenvalue weighted by Gasteiger charge is 2.15. The summed E-state index contributed by atoms with van der Waals surface area (Å²) in [4.78, 5) is 60.4. The first kappa shape index (κ1) is 42.8. The maximum Gasteiger partial charge on any atom is 0.303 e. The molecule has 0 saturated carbocycles. The molecule has 0 spiro atoms. The molecule has 0 rings (SSSR count). The average molecular weight is 533 g/mol. The zero-order valence-corrected chi connectivity index (χ0v) is 22.2. The first-order valence-corrected chi connectivity index (χ1v) is 10.0. The zero-order chi connectivity index (χ0) is 29.7. The molecule has 0 aromatic heterocycles. The predicted molar refractivity (Wildman–Crippen MR) is 122 cm³/mol.